The molecule has 1 aromatic heterocycles. The molecule has 1 unspecified atom stereocenters. The van der Waals surface area contributed by atoms with Gasteiger partial charge >= 0.3 is 0 Å². The molecule has 0 spiro atoms. The average Bonchev–Trinajstić information content (AvgIpc) is 2.64. The van der Waals surface area contributed by atoms with Crippen molar-refractivity contribution in [2.24, 2.45) is 12.8 Å². The van der Waals surface area contributed by atoms with Crippen LogP contribution in [0.1, 0.15) is 17.4 Å². The fourth-order valence-electron chi connectivity index (χ4n) is 1.61. The second-order valence-corrected chi connectivity index (χ2v) is 4.69. The van der Waals surface area contributed by atoms with Gasteiger partial charge in [0.15, 0.2) is 0 Å². The van der Waals surface area contributed by atoms with Crippen LogP contribution in [-0.2, 0) is 13.5 Å². The molecule has 1 heterocycles. The van der Waals surface area contributed by atoms with E-state index in [2.05, 4.69) is 26.0 Å². The number of hydrogen-bond donors (Lipinski definition) is 1. The van der Waals surface area contributed by atoms with Crippen LogP contribution in [-0.4, -0.2) is 14.8 Å². The molecule has 6 heteroatoms. The van der Waals surface area contributed by atoms with Gasteiger partial charge in [0.05, 0.1) is 0 Å². The number of benzene rings is 1. The Kier molecular flexibility index (Phi) is 3.54. The van der Waals surface area contributed by atoms with Crippen LogP contribution in [0, 0.1) is 5.82 Å². The number of aryl methyl sites for hydroxylation is 1. The minimum atomic E-state index is -0.425. The summed E-state index contributed by atoms with van der Waals surface area (Å²) in [4.78, 5) is 4.07. The summed E-state index contributed by atoms with van der Waals surface area (Å²) in [5.74, 6) is 0.425. The predicted octanol–water partition coefficient (Wildman–Crippen LogP) is 1.96. The van der Waals surface area contributed by atoms with Crippen LogP contribution < -0.4 is 5.73 Å². The van der Waals surface area contributed by atoms with Crippen molar-refractivity contribution in [2.45, 2.75) is 12.5 Å². The SMILES string of the molecule is Cn1ncnc1CC(N)c1ccc(Br)cc1F. The first-order chi connectivity index (χ1) is 8.08. The number of nitrogens with two attached hydrogens (primary N) is 1. The average molecular weight is 299 g/mol. The molecule has 17 heavy (non-hydrogen) atoms. The Bertz CT molecular complexity index is 526. The van der Waals surface area contributed by atoms with Crippen molar-refractivity contribution >= 4 is 15.9 Å². The lowest BCUT2D eigenvalue weighted by Gasteiger charge is -2.12. The molecular formula is C11H12BrFN4. The first-order valence-electron chi connectivity index (χ1n) is 5.11. The lowest BCUT2D eigenvalue weighted by molar-refractivity contribution is 0.564. The fraction of sp³-hybridized carbons (Fsp3) is 0.273. The van der Waals surface area contributed by atoms with Crippen molar-refractivity contribution in [1.29, 1.82) is 0 Å². The monoisotopic (exact) mass is 298 g/mol. The number of nitrogens with zero attached hydrogens (tertiary/aromatic N) is 3. The third-order valence-corrected chi connectivity index (χ3v) is 3.06. The van der Waals surface area contributed by atoms with Gasteiger partial charge in [0.25, 0.3) is 0 Å². The fourth-order valence-corrected chi connectivity index (χ4v) is 1.95. The lowest BCUT2D eigenvalue weighted by atomic mass is 10.0. The van der Waals surface area contributed by atoms with Crippen LogP contribution in [0.5, 0.6) is 0 Å². The Morgan fingerprint density at radius 1 is 1.53 bits per heavy atom. The molecule has 0 aliphatic carbocycles. The molecule has 0 bridgehead atoms. The first kappa shape index (κ1) is 12.2. The van der Waals surface area contributed by atoms with E-state index in [0.717, 1.165) is 5.82 Å². The maximum Gasteiger partial charge on any atom is 0.138 e. The van der Waals surface area contributed by atoms with Gasteiger partial charge in [-0.3, -0.25) is 4.68 Å². The highest BCUT2D eigenvalue weighted by Crippen LogP contribution is 2.21. The zero-order chi connectivity index (χ0) is 12.4. The summed E-state index contributed by atoms with van der Waals surface area (Å²) < 4.78 is 16.0. The topological polar surface area (TPSA) is 56.7 Å². The lowest BCUT2D eigenvalue weighted by Crippen LogP contribution is -2.17. The van der Waals surface area contributed by atoms with E-state index >= 15 is 0 Å². The summed E-state index contributed by atoms with van der Waals surface area (Å²) >= 11 is 3.21. The van der Waals surface area contributed by atoms with E-state index in [4.69, 9.17) is 5.73 Å². The molecule has 1 atom stereocenters. The minimum Gasteiger partial charge on any atom is -0.323 e. The van der Waals surface area contributed by atoms with Crippen LogP contribution in [0.2, 0.25) is 0 Å². The van der Waals surface area contributed by atoms with Crippen LogP contribution in [0.15, 0.2) is 29.0 Å². The van der Waals surface area contributed by atoms with E-state index in [1.807, 2.05) is 0 Å². The third-order valence-electron chi connectivity index (χ3n) is 2.57. The van der Waals surface area contributed by atoms with E-state index in [1.54, 1.807) is 23.9 Å². The second-order valence-electron chi connectivity index (χ2n) is 3.78. The van der Waals surface area contributed by atoms with Gasteiger partial charge in [-0.1, -0.05) is 22.0 Å². The second kappa shape index (κ2) is 4.93. The van der Waals surface area contributed by atoms with Crippen molar-refractivity contribution in [1.82, 2.24) is 14.8 Å². The highest BCUT2D eigenvalue weighted by molar-refractivity contribution is 9.10. The van der Waals surface area contributed by atoms with E-state index in [1.165, 1.54) is 12.4 Å². The Morgan fingerprint density at radius 2 is 2.29 bits per heavy atom. The molecule has 4 nitrogen and oxygen atoms in total. The van der Waals surface area contributed by atoms with Gasteiger partial charge in [-0.05, 0) is 12.1 Å². The largest absolute Gasteiger partial charge is 0.323 e. The van der Waals surface area contributed by atoms with E-state index in [-0.39, 0.29) is 5.82 Å². The maximum atomic E-state index is 13.7. The van der Waals surface area contributed by atoms with Gasteiger partial charge < -0.3 is 5.73 Å². The molecule has 1 aromatic carbocycles. The summed E-state index contributed by atoms with van der Waals surface area (Å²) in [7, 11) is 1.78. The Morgan fingerprint density at radius 3 is 2.88 bits per heavy atom. The molecule has 0 aliphatic heterocycles. The van der Waals surface area contributed by atoms with Gasteiger partial charge in [-0.25, -0.2) is 9.37 Å². The van der Waals surface area contributed by atoms with Crippen LogP contribution >= 0.6 is 15.9 Å². The zero-order valence-electron chi connectivity index (χ0n) is 9.27. The van der Waals surface area contributed by atoms with Gasteiger partial charge in [0.2, 0.25) is 0 Å². The van der Waals surface area contributed by atoms with Gasteiger partial charge in [-0.2, -0.15) is 5.10 Å². The summed E-state index contributed by atoms with van der Waals surface area (Å²) in [6.45, 7) is 0. The minimum absolute atomic E-state index is 0.311. The van der Waals surface area contributed by atoms with E-state index in [9.17, 15) is 4.39 Å². The van der Waals surface area contributed by atoms with Crippen molar-refractivity contribution in [3.8, 4) is 0 Å². The van der Waals surface area contributed by atoms with Gasteiger partial charge in [0.1, 0.15) is 18.0 Å². The van der Waals surface area contributed by atoms with Crippen molar-refractivity contribution < 1.29 is 4.39 Å². The number of halogens is 2. The standard InChI is InChI=1S/C11H12BrFN4/c1-17-11(15-6-16-17)5-10(14)8-3-2-7(12)4-9(8)13/h2-4,6,10H,5,14H2,1H3. The predicted molar refractivity (Wildman–Crippen MR) is 65.7 cm³/mol. The molecule has 0 amide bonds. The molecule has 2 rings (SSSR count). The van der Waals surface area contributed by atoms with E-state index < -0.39 is 6.04 Å². The summed E-state index contributed by atoms with van der Waals surface area (Å²) in [6, 6.07) is 4.44. The Labute approximate surface area is 107 Å². The Hall–Kier alpha value is -1.27. The molecule has 90 valence electrons. The number of hydrogen-bond acceptors (Lipinski definition) is 3. The molecule has 2 aromatic rings. The van der Waals surface area contributed by atoms with Crippen LogP contribution in [0.25, 0.3) is 0 Å². The third kappa shape index (κ3) is 2.70. The number of rotatable bonds is 3. The quantitative estimate of drug-likeness (QED) is 0.942. The van der Waals surface area contributed by atoms with Crippen molar-refractivity contribution in [3.05, 3.63) is 46.2 Å². The molecule has 2 N–H and O–H groups in total. The Balaban J connectivity index is 2.20. The molecule has 0 saturated heterocycles. The van der Waals surface area contributed by atoms with Crippen molar-refractivity contribution in [3.63, 3.8) is 0 Å². The normalized spacial score (nSPS) is 12.7. The molecule has 0 radical (unpaired) electrons. The zero-order valence-corrected chi connectivity index (χ0v) is 10.9. The van der Waals surface area contributed by atoms with Gasteiger partial charge in [0, 0.05) is 29.5 Å². The highest BCUT2D eigenvalue weighted by Gasteiger charge is 2.14. The van der Waals surface area contributed by atoms with Crippen molar-refractivity contribution in [2.75, 3.05) is 0 Å². The van der Waals surface area contributed by atoms with Gasteiger partial charge in [-0.15, -0.1) is 0 Å². The van der Waals surface area contributed by atoms with Crippen LogP contribution in [0.4, 0.5) is 4.39 Å². The first-order valence-corrected chi connectivity index (χ1v) is 5.90. The summed E-state index contributed by atoms with van der Waals surface area (Å²) in [5, 5.41) is 3.95. The number of aromatic nitrogens is 3. The molecule has 0 aliphatic rings. The smallest absolute Gasteiger partial charge is 0.138 e. The summed E-state index contributed by atoms with van der Waals surface area (Å²) in [5.41, 5.74) is 6.45. The summed E-state index contributed by atoms with van der Waals surface area (Å²) in [6.07, 6.45) is 1.91. The maximum absolute atomic E-state index is 13.7. The molecular weight excluding hydrogens is 287 g/mol. The molecule has 0 saturated carbocycles. The molecule has 0 fully saturated rings. The highest BCUT2D eigenvalue weighted by atomic mass is 79.9. The van der Waals surface area contributed by atoms with Crippen LogP contribution in [0.3, 0.4) is 0 Å². The van der Waals surface area contributed by atoms with E-state index in [0.29, 0.717) is 16.5 Å².